The lowest BCUT2D eigenvalue weighted by atomic mass is 10.2. The largest absolute Gasteiger partial charge is 0.481 e. The molecule has 0 heterocycles. The summed E-state index contributed by atoms with van der Waals surface area (Å²) in [6.45, 7) is 0.152. The first-order chi connectivity index (χ1) is 9.23. The molecule has 0 aliphatic heterocycles. The molecule has 0 radical (unpaired) electrons. The van der Waals surface area contributed by atoms with Gasteiger partial charge in [-0.05, 0) is 12.8 Å². The molecule has 0 bridgehead atoms. The molecule has 20 heavy (non-hydrogen) atoms. The van der Waals surface area contributed by atoms with Crippen molar-refractivity contribution in [3.8, 4) is 0 Å². The van der Waals surface area contributed by atoms with Gasteiger partial charge in [0.2, 0.25) is 0 Å². The Morgan fingerprint density at radius 2 is 1.75 bits per heavy atom. The minimum atomic E-state index is -1.38. The van der Waals surface area contributed by atoms with E-state index in [-0.39, 0.29) is 18.9 Å². The first kappa shape index (κ1) is 17.6. The number of aliphatic carboxylic acids is 3. The molecule has 2 atom stereocenters. The molecule has 0 aliphatic carbocycles. The summed E-state index contributed by atoms with van der Waals surface area (Å²) in [5, 5.41) is 28.1. The van der Waals surface area contributed by atoms with E-state index in [1.54, 1.807) is 0 Å². The smallest absolute Gasteiger partial charge is 0.326 e. The Labute approximate surface area is 114 Å². The van der Waals surface area contributed by atoms with Crippen LogP contribution in [0.5, 0.6) is 0 Å². The summed E-state index contributed by atoms with van der Waals surface area (Å²) in [7, 11) is 0. The van der Waals surface area contributed by atoms with E-state index in [1.165, 1.54) is 0 Å². The van der Waals surface area contributed by atoms with Crippen LogP contribution in [-0.2, 0) is 14.4 Å². The number of guanidine groups is 1. The summed E-state index contributed by atoms with van der Waals surface area (Å²) in [4.78, 5) is 35.4. The predicted octanol–water partition coefficient (Wildman–Crippen LogP) is -1.99. The highest BCUT2D eigenvalue weighted by Gasteiger charge is 2.21. The van der Waals surface area contributed by atoms with Gasteiger partial charge in [0.15, 0.2) is 5.96 Å². The van der Waals surface area contributed by atoms with Gasteiger partial charge >= 0.3 is 17.9 Å². The van der Waals surface area contributed by atoms with Crippen LogP contribution in [-0.4, -0.2) is 57.8 Å². The van der Waals surface area contributed by atoms with Crippen LogP contribution in [0.2, 0.25) is 0 Å². The topological polar surface area (TPSA) is 188 Å². The van der Waals surface area contributed by atoms with Gasteiger partial charge in [-0.1, -0.05) is 0 Å². The molecule has 0 aromatic heterocycles. The maximum absolute atomic E-state index is 10.7. The second-order valence-electron chi connectivity index (χ2n) is 3.99. The zero-order valence-corrected chi connectivity index (χ0v) is 10.7. The van der Waals surface area contributed by atoms with Crippen LogP contribution in [0.15, 0.2) is 4.99 Å². The van der Waals surface area contributed by atoms with Crippen molar-refractivity contribution in [2.24, 2.45) is 16.5 Å². The lowest BCUT2D eigenvalue weighted by Crippen LogP contribution is -2.45. The van der Waals surface area contributed by atoms with Crippen LogP contribution in [0.1, 0.15) is 19.3 Å². The monoisotopic (exact) mass is 300 g/mol. The molecule has 0 saturated heterocycles. The minimum Gasteiger partial charge on any atom is -0.481 e. The van der Waals surface area contributed by atoms with Gasteiger partial charge in [0.1, 0.15) is 12.1 Å². The van der Waals surface area contributed by atoms with E-state index in [4.69, 9.17) is 26.8 Å². The second-order valence-corrected chi connectivity index (χ2v) is 3.99. The standard InChI is InChI=1S/C10H18N4O6/c11-5(8(17)18)2-1-3-13-10(12)14-6(9(19)20)4-7(15)16/h5-6H,1-4,11H2,(H,15,16)(H,17,18)(H,19,20)(H3,12,13,14)/t5-,6-/m0/s1/i1+1,2+1,3+1,5+1,8+1,10+1,11+1,12+1,13+1,14+1. The first-order valence-corrected chi connectivity index (χ1v) is 5.73. The summed E-state index contributed by atoms with van der Waals surface area (Å²) in [5.74, 6) is -3.99. The quantitative estimate of drug-likeness (QED) is 0.0920. The van der Waals surface area contributed by atoms with Gasteiger partial charge in [0.25, 0.3) is 0 Å². The molecule has 0 unspecified atom stereocenters. The van der Waals surface area contributed by atoms with Crippen molar-refractivity contribution in [1.29, 1.82) is 0 Å². The van der Waals surface area contributed by atoms with Gasteiger partial charge in [0.05, 0.1) is 6.42 Å². The summed E-state index contributed by atoms with van der Waals surface area (Å²) in [5.41, 5.74) is 10.7. The van der Waals surface area contributed by atoms with Gasteiger partial charge in [-0.2, -0.15) is 0 Å². The summed E-state index contributed by atoms with van der Waals surface area (Å²) in [6, 6.07) is -2.37. The third-order valence-corrected chi connectivity index (χ3v) is 2.27. The Bertz CT molecular complexity index is 397. The fourth-order valence-corrected chi connectivity index (χ4v) is 1.23. The number of nitrogens with one attached hydrogen (secondary N) is 1. The summed E-state index contributed by atoms with van der Waals surface area (Å²) < 4.78 is 0. The van der Waals surface area contributed by atoms with Crippen LogP contribution in [0.3, 0.4) is 0 Å². The number of nitrogens with zero attached hydrogens (tertiary/aromatic N) is 1. The molecule has 0 spiro atoms. The number of rotatable bonds is 9. The van der Waals surface area contributed by atoms with Crippen molar-refractivity contribution < 1.29 is 29.7 Å². The van der Waals surface area contributed by atoms with Crippen LogP contribution < -0.4 is 16.8 Å². The minimum absolute atomic E-state index is 0.152. The van der Waals surface area contributed by atoms with Crippen molar-refractivity contribution in [2.45, 2.75) is 31.3 Å². The third-order valence-electron chi connectivity index (χ3n) is 2.27. The van der Waals surface area contributed by atoms with Crippen molar-refractivity contribution in [3.05, 3.63) is 0 Å². The molecule has 0 rings (SSSR count). The highest BCUT2D eigenvalue weighted by atomic mass is 16.5. The summed E-state index contributed by atoms with van der Waals surface area (Å²) >= 11 is 0. The average molecular weight is 300 g/mol. The average Bonchev–Trinajstić information content (AvgIpc) is 2.32. The Morgan fingerprint density at radius 1 is 1.15 bits per heavy atom. The van der Waals surface area contributed by atoms with Crippen molar-refractivity contribution >= 4 is 23.9 Å². The predicted molar refractivity (Wildman–Crippen MR) is 68.1 cm³/mol. The number of hydrogen-bond acceptors (Lipinski definition) is 5. The Hall–Kier alpha value is -2.36. The number of aliphatic imine (C=N–C) groups is 1. The molecule has 0 aliphatic rings. The van der Waals surface area contributed by atoms with E-state index in [1.807, 2.05) is 0 Å². The molecular formula is C10H18N4O6. The highest BCUT2D eigenvalue weighted by molar-refractivity contribution is 5.87. The van der Waals surface area contributed by atoms with Crippen LogP contribution in [0.25, 0.3) is 0 Å². The lowest BCUT2D eigenvalue weighted by molar-refractivity contribution is -0.145. The highest BCUT2D eigenvalue weighted by Crippen LogP contribution is 1.96. The normalized spacial score (nSPS) is 14.3. The van der Waals surface area contributed by atoms with E-state index in [9.17, 15) is 14.4 Å². The Balaban J connectivity index is 4.19. The Kier molecular flexibility index (Phi) is 7.67. The van der Waals surface area contributed by atoms with E-state index >= 15 is 0 Å². The Morgan fingerprint density at radius 3 is 2.20 bits per heavy atom. The van der Waals surface area contributed by atoms with Crippen LogP contribution >= 0.6 is 0 Å². The molecular weight excluding hydrogens is 282 g/mol. The number of carboxylic acids is 3. The molecule has 10 nitrogen and oxygen atoms in total. The van der Waals surface area contributed by atoms with Gasteiger partial charge in [-0.25, -0.2) is 4.79 Å². The van der Waals surface area contributed by atoms with Crippen molar-refractivity contribution in [2.75, 3.05) is 6.54 Å². The van der Waals surface area contributed by atoms with Gasteiger partial charge < -0.3 is 32.1 Å². The van der Waals surface area contributed by atoms with Gasteiger partial charge in [0, 0.05) is 6.54 Å². The number of carbonyl (C=O) groups is 3. The van der Waals surface area contributed by atoms with Crippen molar-refractivity contribution in [3.63, 3.8) is 0 Å². The van der Waals surface area contributed by atoms with Crippen molar-refractivity contribution in [1.82, 2.24) is 5.32 Å². The van der Waals surface area contributed by atoms with Gasteiger partial charge in [-0.3, -0.25) is 14.6 Å². The van der Waals surface area contributed by atoms with E-state index in [2.05, 4.69) is 10.3 Å². The number of nitrogens with two attached hydrogens (primary N) is 2. The fourth-order valence-electron chi connectivity index (χ4n) is 1.23. The molecule has 10 heteroatoms. The number of carboxylic acid groups (broad SMARTS) is 3. The molecule has 0 amide bonds. The molecule has 8 N–H and O–H groups in total. The zero-order chi connectivity index (χ0) is 15.7. The third kappa shape index (κ3) is 7.87. The maximum atomic E-state index is 10.7. The van der Waals surface area contributed by atoms with Crippen LogP contribution in [0.4, 0.5) is 0 Å². The first-order valence-electron chi connectivity index (χ1n) is 5.73. The number of hydrogen-bond donors (Lipinski definition) is 6. The van der Waals surface area contributed by atoms with Crippen LogP contribution in [0, 0.1) is 0 Å². The maximum Gasteiger partial charge on any atom is 0.326 e. The SMILES string of the molecule is [15NH2][13C](=[15N][13CH2][13CH2][13CH2][13C@H]([15NH2])[13C](=O)O)[15NH][C@@H](CC(=O)O)C(=O)O. The molecule has 0 aromatic carbocycles. The molecule has 0 fully saturated rings. The van der Waals surface area contributed by atoms with E-state index in [0.717, 1.165) is 0 Å². The summed E-state index contributed by atoms with van der Waals surface area (Å²) in [6.07, 6.45) is -0.0917. The zero-order valence-electron chi connectivity index (χ0n) is 10.7. The van der Waals surface area contributed by atoms with E-state index < -0.39 is 36.4 Å². The fraction of sp³-hybridized carbons (Fsp3) is 0.600. The second kappa shape index (κ2) is 8.69. The molecule has 0 aromatic rings. The van der Waals surface area contributed by atoms with E-state index in [0.29, 0.717) is 6.42 Å². The van der Waals surface area contributed by atoms with Gasteiger partial charge in [-0.15, -0.1) is 0 Å². The molecule has 0 saturated carbocycles. The lowest BCUT2D eigenvalue weighted by Gasteiger charge is -2.12. The molecule has 114 valence electrons.